The first-order valence-corrected chi connectivity index (χ1v) is 20.3. The molecule has 2 unspecified atom stereocenters. The first-order chi connectivity index (χ1) is 29.9. The molecule has 5 aromatic rings. The first-order valence-electron chi connectivity index (χ1n) is 18.8. The van der Waals surface area contributed by atoms with Crippen LogP contribution in [0.15, 0.2) is 94.4 Å². The van der Waals surface area contributed by atoms with E-state index in [0.29, 0.717) is 22.3 Å². The number of ether oxygens (including phenoxy) is 2. The maximum Gasteiger partial charge on any atom is 0.339 e. The molecule has 2 atom stereocenters. The fraction of sp³-hybridized carbons (Fsp3) is 0.238. The fourth-order valence-electron chi connectivity index (χ4n) is 6.26. The summed E-state index contributed by atoms with van der Waals surface area (Å²) in [7, 11) is -4.53. The summed E-state index contributed by atoms with van der Waals surface area (Å²) in [5.74, 6) is -4.65. The molecule has 3 aromatic carbocycles. The Hall–Kier alpha value is -6.91. The van der Waals surface area contributed by atoms with Crippen molar-refractivity contribution in [3.63, 3.8) is 0 Å². The molecule has 7 rings (SSSR count). The number of carbonyl (C=O) groups is 2. The Labute approximate surface area is 357 Å². The second-order valence-corrected chi connectivity index (χ2v) is 15.7. The van der Waals surface area contributed by atoms with Gasteiger partial charge in [0.25, 0.3) is 11.8 Å². The number of hydrogen-bond donors (Lipinski definition) is 5. The van der Waals surface area contributed by atoms with Crippen LogP contribution in [-0.4, -0.2) is 81.1 Å². The Morgan fingerprint density at radius 2 is 1.24 bits per heavy atom. The number of hydrogen-bond acceptors (Lipinski definition) is 14. The molecule has 2 aliphatic heterocycles. The van der Waals surface area contributed by atoms with Crippen molar-refractivity contribution in [2.24, 2.45) is 0 Å². The number of aromatic nitrogens is 4. The molecule has 5 N–H and O–H groups in total. The quantitative estimate of drug-likeness (QED) is 0.134. The molecule has 0 saturated heterocycles. The van der Waals surface area contributed by atoms with Crippen molar-refractivity contribution in [1.82, 2.24) is 29.7 Å². The van der Waals surface area contributed by atoms with E-state index in [1.807, 2.05) is 0 Å². The van der Waals surface area contributed by atoms with Crippen molar-refractivity contribution < 1.29 is 55.8 Å². The van der Waals surface area contributed by atoms with E-state index in [9.17, 15) is 51.7 Å². The van der Waals surface area contributed by atoms with Crippen LogP contribution >= 0.6 is 0 Å². The third-order valence-electron chi connectivity index (χ3n) is 9.48. The topological polar surface area (TPSA) is 250 Å². The van der Waals surface area contributed by atoms with Gasteiger partial charge in [-0.05, 0) is 60.4 Å². The molecule has 2 aliphatic rings. The van der Waals surface area contributed by atoms with E-state index < -0.39 is 74.0 Å². The summed E-state index contributed by atoms with van der Waals surface area (Å²) in [6.07, 6.45) is -2.66. The lowest BCUT2D eigenvalue weighted by Gasteiger charge is -2.17. The van der Waals surface area contributed by atoms with Crippen LogP contribution in [0.2, 0.25) is 0 Å². The molecule has 330 valence electrons. The highest BCUT2D eigenvalue weighted by atomic mass is 32.2. The number of halogens is 2. The molecule has 21 heteroatoms. The maximum atomic E-state index is 13.6. The van der Waals surface area contributed by atoms with Gasteiger partial charge in [-0.2, -0.15) is 8.42 Å². The fourth-order valence-corrected chi connectivity index (χ4v) is 7.22. The predicted octanol–water partition coefficient (Wildman–Crippen LogP) is 2.78. The average Bonchev–Trinajstić information content (AvgIpc) is 3.49. The summed E-state index contributed by atoms with van der Waals surface area (Å²) in [6.45, 7) is 9.96. The number of aliphatic hydroxyl groups is 2. The summed E-state index contributed by atoms with van der Waals surface area (Å²) in [4.78, 5) is 59.2. The Bertz CT molecular complexity index is 2870. The van der Waals surface area contributed by atoms with Gasteiger partial charge in [-0.15, -0.1) is 0 Å². The summed E-state index contributed by atoms with van der Waals surface area (Å²) >= 11 is 0. The van der Waals surface area contributed by atoms with E-state index >= 15 is 0 Å². The van der Waals surface area contributed by atoms with Gasteiger partial charge in [-0.1, -0.05) is 55.6 Å². The van der Waals surface area contributed by atoms with Gasteiger partial charge < -0.3 is 39.6 Å². The zero-order valence-corrected chi connectivity index (χ0v) is 34.4. The highest BCUT2D eigenvalue weighted by molar-refractivity contribution is 7.87. The van der Waals surface area contributed by atoms with E-state index in [0.717, 1.165) is 9.13 Å². The molecule has 0 spiro atoms. The highest BCUT2D eigenvalue weighted by Gasteiger charge is 2.32. The molecule has 2 aromatic heterocycles. The van der Waals surface area contributed by atoms with Crippen LogP contribution in [0.25, 0.3) is 11.4 Å². The highest BCUT2D eigenvalue weighted by Crippen LogP contribution is 2.26. The SMILES string of the molecule is C=C1COCC(O)c2nc(C(=O)NCc3ccc(F)c(C)c3)c(O)c(=O)n21.C=C1COCC(O)c2nc(C(=O)NCc3ccc(F)c(C)c3)c(OS(=O)(=O)c3ccccc3)c(=O)n21. The van der Waals surface area contributed by atoms with Crippen LogP contribution in [0.3, 0.4) is 0 Å². The van der Waals surface area contributed by atoms with Crippen molar-refractivity contribution in [1.29, 1.82) is 0 Å². The number of fused-ring (bicyclic) bond motifs is 2. The number of aliphatic hydroxyl groups excluding tert-OH is 2. The van der Waals surface area contributed by atoms with Crippen LogP contribution in [0.1, 0.15) is 67.1 Å². The van der Waals surface area contributed by atoms with E-state index in [4.69, 9.17) is 13.7 Å². The molecule has 0 radical (unpaired) electrons. The van der Waals surface area contributed by atoms with Crippen molar-refractivity contribution in [3.05, 3.63) is 158 Å². The minimum absolute atomic E-state index is 0.0272. The zero-order valence-electron chi connectivity index (χ0n) is 33.6. The molecular formula is C42H40F2N6O12S. The number of amides is 2. The molecule has 0 aliphatic carbocycles. The first kappa shape index (κ1) is 45.6. The van der Waals surface area contributed by atoms with E-state index in [1.165, 1.54) is 54.6 Å². The Kier molecular flexibility index (Phi) is 13.8. The number of carbonyl (C=O) groups excluding carboxylic acids is 2. The molecule has 0 saturated carbocycles. The predicted molar refractivity (Wildman–Crippen MR) is 220 cm³/mol. The maximum absolute atomic E-state index is 13.6. The number of aryl methyl sites for hydroxylation is 2. The van der Waals surface area contributed by atoms with Gasteiger partial charge in [0.1, 0.15) is 40.4 Å². The zero-order chi connectivity index (χ0) is 45.7. The van der Waals surface area contributed by atoms with Crippen LogP contribution in [-0.2, 0) is 32.7 Å². The minimum atomic E-state index is -4.53. The van der Waals surface area contributed by atoms with Crippen molar-refractivity contribution in [2.75, 3.05) is 26.4 Å². The summed E-state index contributed by atoms with van der Waals surface area (Å²) < 4.78 is 70.0. The van der Waals surface area contributed by atoms with E-state index in [2.05, 4.69) is 33.8 Å². The number of aromatic hydroxyl groups is 1. The average molecular weight is 891 g/mol. The van der Waals surface area contributed by atoms with Gasteiger partial charge in [0.2, 0.25) is 11.5 Å². The molecule has 0 fully saturated rings. The monoisotopic (exact) mass is 890 g/mol. The smallest absolute Gasteiger partial charge is 0.339 e. The van der Waals surface area contributed by atoms with Gasteiger partial charge in [0.15, 0.2) is 11.4 Å². The molecule has 63 heavy (non-hydrogen) atoms. The van der Waals surface area contributed by atoms with E-state index in [-0.39, 0.29) is 73.3 Å². The standard InChI is InChI=1S/C24H22FN3O7S.C18H18FN3O5/c1-14-10-16(8-9-18(14)25)11-26-23(30)20-21(35-36(32,33)17-6-4-3-5-7-17)24(31)28-15(2)12-34-13-19(29)22(28)27-20;1-9-5-11(3-4-12(9)19)6-20-17(25)14-15(24)18(26)22-10(2)7-27-8-13(23)16(22)21-14/h3-10,19,29H,2,11-13H2,1H3,(H,26,30);3-5,13,23-24H,2,6-8H2,1H3,(H,20,25). The Balaban J connectivity index is 0.000000219. The summed E-state index contributed by atoms with van der Waals surface area (Å²) in [5, 5.41) is 35.7. The summed E-state index contributed by atoms with van der Waals surface area (Å²) in [6, 6.07) is 15.6. The lowest BCUT2D eigenvalue weighted by molar-refractivity contribution is 0.0517. The van der Waals surface area contributed by atoms with Crippen molar-refractivity contribution in [3.8, 4) is 11.5 Å². The third-order valence-corrected chi connectivity index (χ3v) is 10.7. The minimum Gasteiger partial charge on any atom is -0.501 e. The van der Waals surface area contributed by atoms with Crippen LogP contribution in [0.4, 0.5) is 8.78 Å². The number of rotatable bonds is 9. The Morgan fingerprint density at radius 3 is 1.73 bits per heavy atom. The normalized spacial score (nSPS) is 16.0. The van der Waals surface area contributed by atoms with Crippen LogP contribution in [0.5, 0.6) is 11.5 Å². The van der Waals surface area contributed by atoms with Gasteiger partial charge in [0, 0.05) is 24.5 Å². The molecule has 0 bridgehead atoms. The molecule has 2 amide bonds. The van der Waals surface area contributed by atoms with Crippen molar-refractivity contribution >= 4 is 33.3 Å². The van der Waals surface area contributed by atoms with Crippen LogP contribution in [0, 0.1) is 25.5 Å². The third kappa shape index (κ3) is 10.1. The van der Waals surface area contributed by atoms with E-state index in [1.54, 1.807) is 26.0 Å². The largest absolute Gasteiger partial charge is 0.501 e. The summed E-state index contributed by atoms with van der Waals surface area (Å²) in [5.41, 5.74) is -0.926. The Morgan fingerprint density at radius 1 is 0.778 bits per heavy atom. The van der Waals surface area contributed by atoms with Crippen LogP contribution < -0.4 is 25.9 Å². The lowest BCUT2D eigenvalue weighted by atomic mass is 10.1. The van der Waals surface area contributed by atoms with Gasteiger partial charge in [0.05, 0.1) is 26.4 Å². The van der Waals surface area contributed by atoms with Gasteiger partial charge >= 0.3 is 21.2 Å². The second-order valence-electron chi connectivity index (χ2n) is 14.2. The number of benzene rings is 3. The second kappa shape index (κ2) is 19.0. The lowest BCUT2D eigenvalue weighted by Crippen LogP contribution is -2.34. The van der Waals surface area contributed by atoms with Crippen molar-refractivity contribution in [2.45, 2.75) is 44.0 Å². The van der Waals surface area contributed by atoms with Gasteiger partial charge in [-0.3, -0.25) is 28.3 Å². The van der Waals surface area contributed by atoms with Gasteiger partial charge in [-0.25, -0.2) is 18.7 Å². The number of nitrogens with zero attached hydrogens (tertiary/aromatic N) is 4. The molecular weight excluding hydrogens is 851 g/mol. The molecule has 4 heterocycles. The number of nitrogens with one attached hydrogen (secondary N) is 2. The molecule has 18 nitrogen and oxygen atoms in total.